The van der Waals surface area contributed by atoms with E-state index < -0.39 is 0 Å². The van der Waals surface area contributed by atoms with E-state index >= 15 is 0 Å². The van der Waals surface area contributed by atoms with Crippen molar-refractivity contribution in [2.45, 2.75) is 26.4 Å². The minimum absolute atomic E-state index is 0.0943. The maximum absolute atomic E-state index is 10.9. The quantitative estimate of drug-likeness (QED) is 0.610. The Morgan fingerprint density at radius 1 is 1.44 bits per heavy atom. The molecule has 0 N–H and O–H groups in total. The zero-order chi connectivity index (χ0) is 13.3. The van der Waals surface area contributed by atoms with Gasteiger partial charge in [-0.1, -0.05) is 11.6 Å². The molecule has 0 aromatic carbocycles. The van der Waals surface area contributed by atoms with Gasteiger partial charge >= 0.3 is 0 Å². The first-order valence-electron chi connectivity index (χ1n) is 5.69. The lowest BCUT2D eigenvalue weighted by Gasteiger charge is -2.38. The van der Waals surface area contributed by atoms with Gasteiger partial charge in [0.1, 0.15) is 5.82 Å². The molecule has 2 heterocycles. The number of rotatable bonds is 2. The van der Waals surface area contributed by atoms with Crippen LogP contribution in [0.5, 0.6) is 0 Å². The van der Waals surface area contributed by atoms with Gasteiger partial charge in [-0.3, -0.25) is 0 Å². The standard InChI is InChI=1S/C11H15ClN4O2/c1-7-13-9(12)8(15-17)10(14-7)16-4-5-18-11(2,3)6-16/h4-6H2,1-3H3. The molecule has 0 aliphatic carbocycles. The average molecular weight is 271 g/mol. The van der Waals surface area contributed by atoms with E-state index in [1.807, 2.05) is 18.7 Å². The highest BCUT2D eigenvalue weighted by Gasteiger charge is 2.30. The lowest BCUT2D eigenvalue weighted by Crippen LogP contribution is -2.48. The molecule has 98 valence electrons. The van der Waals surface area contributed by atoms with Crippen LogP contribution in [0.4, 0.5) is 11.5 Å². The van der Waals surface area contributed by atoms with Crippen LogP contribution in [0.3, 0.4) is 0 Å². The molecule has 0 spiro atoms. The topological polar surface area (TPSA) is 67.7 Å². The molecule has 2 rings (SSSR count). The van der Waals surface area contributed by atoms with E-state index in [4.69, 9.17) is 16.3 Å². The van der Waals surface area contributed by atoms with Crippen LogP contribution in [0, 0.1) is 11.8 Å². The van der Waals surface area contributed by atoms with E-state index in [1.54, 1.807) is 6.92 Å². The van der Waals surface area contributed by atoms with E-state index in [-0.39, 0.29) is 16.4 Å². The highest BCUT2D eigenvalue weighted by Crippen LogP contribution is 2.34. The fraction of sp³-hybridized carbons (Fsp3) is 0.636. The zero-order valence-corrected chi connectivity index (χ0v) is 11.4. The summed E-state index contributed by atoms with van der Waals surface area (Å²) >= 11 is 5.92. The smallest absolute Gasteiger partial charge is 0.187 e. The molecule has 1 aliphatic heterocycles. The lowest BCUT2D eigenvalue weighted by atomic mass is 10.1. The predicted molar refractivity (Wildman–Crippen MR) is 69.5 cm³/mol. The van der Waals surface area contributed by atoms with Crippen LogP contribution < -0.4 is 4.90 Å². The fourth-order valence-corrected chi connectivity index (χ4v) is 2.26. The summed E-state index contributed by atoms with van der Waals surface area (Å²) < 4.78 is 5.62. The summed E-state index contributed by atoms with van der Waals surface area (Å²) in [4.78, 5) is 21.1. The average Bonchev–Trinajstić information content (AvgIpc) is 2.26. The first kappa shape index (κ1) is 13.2. The molecule has 1 aromatic rings. The van der Waals surface area contributed by atoms with Gasteiger partial charge in [-0.15, -0.1) is 4.91 Å². The molecule has 0 atom stereocenters. The highest BCUT2D eigenvalue weighted by molar-refractivity contribution is 6.32. The van der Waals surface area contributed by atoms with E-state index in [9.17, 15) is 4.91 Å². The van der Waals surface area contributed by atoms with Crippen LogP contribution in [0.15, 0.2) is 5.18 Å². The summed E-state index contributed by atoms with van der Waals surface area (Å²) in [5.74, 6) is 1.01. The number of aryl methyl sites for hydroxylation is 1. The maximum atomic E-state index is 10.9. The van der Waals surface area contributed by atoms with E-state index in [0.717, 1.165) is 0 Å². The van der Waals surface area contributed by atoms with Gasteiger partial charge in [0.05, 0.1) is 12.2 Å². The highest BCUT2D eigenvalue weighted by atomic mass is 35.5. The molecule has 0 amide bonds. The van der Waals surface area contributed by atoms with Gasteiger partial charge in [-0.25, -0.2) is 9.97 Å². The Hall–Kier alpha value is -1.27. The minimum atomic E-state index is -0.288. The summed E-state index contributed by atoms with van der Waals surface area (Å²) in [5.41, 5.74) is -0.191. The number of halogens is 1. The molecular formula is C11H15ClN4O2. The number of hydrogen-bond acceptors (Lipinski definition) is 6. The Bertz CT molecular complexity index is 478. The number of anilines is 1. The van der Waals surface area contributed by atoms with Crippen LogP contribution in [0.2, 0.25) is 5.15 Å². The summed E-state index contributed by atoms with van der Waals surface area (Å²) in [6, 6.07) is 0. The molecule has 7 heteroatoms. The number of morpholine rings is 1. The van der Waals surface area contributed by atoms with Gasteiger partial charge < -0.3 is 9.64 Å². The van der Waals surface area contributed by atoms with E-state index in [2.05, 4.69) is 15.1 Å². The molecule has 1 fully saturated rings. The summed E-state index contributed by atoms with van der Waals surface area (Å²) in [7, 11) is 0. The number of ether oxygens (including phenoxy) is 1. The Labute approximate surface area is 110 Å². The van der Waals surface area contributed by atoms with Crippen molar-refractivity contribution in [1.29, 1.82) is 0 Å². The molecule has 6 nitrogen and oxygen atoms in total. The fourth-order valence-electron chi connectivity index (χ4n) is 2.01. The normalized spacial score (nSPS) is 18.8. The second kappa shape index (κ2) is 4.78. The molecule has 18 heavy (non-hydrogen) atoms. The van der Waals surface area contributed by atoms with Crippen LogP contribution in [-0.2, 0) is 4.74 Å². The second-order valence-electron chi connectivity index (χ2n) is 4.85. The molecule has 1 saturated heterocycles. The number of aromatic nitrogens is 2. The van der Waals surface area contributed by atoms with Crippen LogP contribution in [0.25, 0.3) is 0 Å². The van der Waals surface area contributed by atoms with Crippen molar-refractivity contribution < 1.29 is 4.74 Å². The molecule has 0 saturated carbocycles. The molecule has 0 radical (unpaired) electrons. The van der Waals surface area contributed by atoms with Gasteiger partial charge in [-0.2, -0.15) is 0 Å². The number of nitroso groups, excluding NO2 is 1. The van der Waals surface area contributed by atoms with E-state index in [1.165, 1.54) is 0 Å². The van der Waals surface area contributed by atoms with Crippen molar-refractivity contribution in [3.63, 3.8) is 0 Å². The summed E-state index contributed by atoms with van der Waals surface area (Å²) in [6.07, 6.45) is 0. The van der Waals surface area contributed by atoms with Gasteiger partial charge in [0.15, 0.2) is 16.7 Å². The lowest BCUT2D eigenvalue weighted by molar-refractivity contribution is -0.0278. The molecule has 0 bridgehead atoms. The van der Waals surface area contributed by atoms with Crippen LogP contribution in [-0.4, -0.2) is 35.3 Å². The number of nitrogens with zero attached hydrogens (tertiary/aromatic N) is 4. The van der Waals surface area contributed by atoms with Crippen molar-refractivity contribution in [3.05, 3.63) is 15.9 Å². The number of hydrogen-bond donors (Lipinski definition) is 0. The zero-order valence-electron chi connectivity index (χ0n) is 10.6. The predicted octanol–water partition coefficient (Wildman–Crippen LogP) is 2.45. The third-order valence-electron chi connectivity index (χ3n) is 2.75. The van der Waals surface area contributed by atoms with Crippen LogP contribution >= 0.6 is 11.6 Å². The Kier molecular flexibility index (Phi) is 3.49. The van der Waals surface area contributed by atoms with Crippen molar-refractivity contribution in [3.8, 4) is 0 Å². The van der Waals surface area contributed by atoms with Gasteiger partial charge in [0, 0.05) is 13.1 Å². The second-order valence-corrected chi connectivity index (χ2v) is 5.21. The third kappa shape index (κ3) is 2.59. The van der Waals surface area contributed by atoms with Crippen LogP contribution in [0.1, 0.15) is 19.7 Å². The first-order chi connectivity index (χ1) is 8.43. The van der Waals surface area contributed by atoms with Crippen molar-refractivity contribution in [1.82, 2.24) is 9.97 Å². The van der Waals surface area contributed by atoms with Gasteiger partial charge in [-0.05, 0) is 25.9 Å². The van der Waals surface area contributed by atoms with Gasteiger partial charge in [0.25, 0.3) is 0 Å². The SMILES string of the molecule is Cc1nc(Cl)c(N=O)c(N2CCOC(C)(C)C2)n1. The molecule has 1 aliphatic rings. The monoisotopic (exact) mass is 270 g/mol. The van der Waals surface area contributed by atoms with Crippen molar-refractivity contribution >= 4 is 23.1 Å². The summed E-state index contributed by atoms with van der Waals surface area (Å²) in [5, 5.41) is 3.04. The summed E-state index contributed by atoms with van der Waals surface area (Å²) in [6.45, 7) is 7.56. The maximum Gasteiger partial charge on any atom is 0.187 e. The third-order valence-corrected chi connectivity index (χ3v) is 3.01. The van der Waals surface area contributed by atoms with Crippen molar-refractivity contribution in [2.24, 2.45) is 5.18 Å². The largest absolute Gasteiger partial charge is 0.372 e. The van der Waals surface area contributed by atoms with E-state index in [0.29, 0.717) is 31.3 Å². The Balaban J connectivity index is 2.40. The molecule has 1 aromatic heterocycles. The van der Waals surface area contributed by atoms with Crippen molar-refractivity contribution in [2.75, 3.05) is 24.6 Å². The molecular weight excluding hydrogens is 256 g/mol. The first-order valence-corrected chi connectivity index (χ1v) is 6.07. The minimum Gasteiger partial charge on any atom is -0.372 e. The Morgan fingerprint density at radius 3 is 2.78 bits per heavy atom. The Morgan fingerprint density at radius 2 is 2.17 bits per heavy atom. The molecule has 0 unspecified atom stereocenters. The van der Waals surface area contributed by atoms with Gasteiger partial charge in [0.2, 0.25) is 0 Å².